The van der Waals surface area contributed by atoms with Gasteiger partial charge in [-0.2, -0.15) is 0 Å². The van der Waals surface area contributed by atoms with Crippen molar-refractivity contribution in [1.29, 1.82) is 0 Å². The average Bonchev–Trinajstić information content (AvgIpc) is 3.13. The first-order valence-corrected chi connectivity index (χ1v) is 8.79. The SMILES string of the molecule is C=CCN1CCN(c2ccc(C3CC(C(=O)OCC)=NO3)cc2)CC1. The number of benzene rings is 1. The van der Waals surface area contributed by atoms with E-state index < -0.39 is 0 Å². The molecule has 0 amide bonds. The van der Waals surface area contributed by atoms with E-state index >= 15 is 0 Å². The lowest BCUT2D eigenvalue weighted by Gasteiger charge is -2.35. The summed E-state index contributed by atoms with van der Waals surface area (Å²) in [5.74, 6) is -0.390. The van der Waals surface area contributed by atoms with Gasteiger partial charge >= 0.3 is 5.97 Å². The van der Waals surface area contributed by atoms with Gasteiger partial charge in [0.15, 0.2) is 11.8 Å². The zero-order valence-electron chi connectivity index (χ0n) is 14.7. The molecule has 1 aromatic rings. The molecule has 0 aromatic heterocycles. The van der Waals surface area contributed by atoms with Crippen LogP contribution in [0.1, 0.15) is 25.0 Å². The summed E-state index contributed by atoms with van der Waals surface area (Å²) in [5.41, 5.74) is 2.60. The summed E-state index contributed by atoms with van der Waals surface area (Å²) >= 11 is 0. The van der Waals surface area contributed by atoms with Gasteiger partial charge in [0.1, 0.15) is 0 Å². The smallest absolute Gasteiger partial charge is 0.356 e. The van der Waals surface area contributed by atoms with Crippen LogP contribution >= 0.6 is 0 Å². The van der Waals surface area contributed by atoms with E-state index in [1.54, 1.807) is 6.92 Å². The Bertz CT molecular complexity index is 634. The van der Waals surface area contributed by atoms with E-state index in [0.29, 0.717) is 18.7 Å². The third-order valence-corrected chi connectivity index (χ3v) is 4.57. The van der Waals surface area contributed by atoms with Gasteiger partial charge in [0, 0.05) is 44.8 Å². The second kappa shape index (κ2) is 8.16. The van der Waals surface area contributed by atoms with Crippen LogP contribution < -0.4 is 4.90 Å². The van der Waals surface area contributed by atoms with Gasteiger partial charge < -0.3 is 14.5 Å². The molecule has 0 radical (unpaired) electrons. The van der Waals surface area contributed by atoms with E-state index in [9.17, 15) is 4.79 Å². The van der Waals surface area contributed by atoms with Crippen molar-refractivity contribution in [1.82, 2.24) is 4.90 Å². The molecule has 3 rings (SSSR count). The Morgan fingerprint density at radius 3 is 2.68 bits per heavy atom. The molecule has 1 atom stereocenters. The van der Waals surface area contributed by atoms with Crippen LogP contribution in [-0.4, -0.2) is 55.9 Å². The summed E-state index contributed by atoms with van der Waals surface area (Å²) in [6, 6.07) is 8.34. The van der Waals surface area contributed by atoms with Crippen molar-refractivity contribution in [3.63, 3.8) is 0 Å². The van der Waals surface area contributed by atoms with Crippen molar-refractivity contribution in [2.45, 2.75) is 19.4 Å². The zero-order valence-corrected chi connectivity index (χ0v) is 14.7. The quantitative estimate of drug-likeness (QED) is 0.586. The maximum Gasteiger partial charge on any atom is 0.356 e. The number of carbonyl (C=O) groups excluding carboxylic acids is 1. The maximum absolute atomic E-state index is 11.7. The van der Waals surface area contributed by atoms with E-state index in [-0.39, 0.29) is 12.1 Å². The van der Waals surface area contributed by atoms with Gasteiger partial charge in [-0.15, -0.1) is 6.58 Å². The molecule has 2 aliphatic heterocycles. The van der Waals surface area contributed by atoms with Crippen LogP contribution in [0, 0.1) is 0 Å². The maximum atomic E-state index is 11.7. The number of hydrogen-bond donors (Lipinski definition) is 0. The fourth-order valence-corrected chi connectivity index (χ4v) is 3.16. The van der Waals surface area contributed by atoms with Gasteiger partial charge in [-0.1, -0.05) is 23.4 Å². The second-order valence-corrected chi connectivity index (χ2v) is 6.22. The fourth-order valence-electron chi connectivity index (χ4n) is 3.16. The first-order valence-electron chi connectivity index (χ1n) is 8.79. The van der Waals surface area contributed by atoms with Crippen LogP contribution in [0.4, 0.5) is 5.69 Å². The van der Waals surface area contributed by atoms with Gasteiger partial charge in [-0.25, -0.2) is 4.79 Å². The molecule has 1 saturated heterocycles. The van der Waals surface area contributed by atoms with Crippen molar-refractivity contribution in [2.24, 2.45) is 5.16 Å². The van der Waals surface area contributed by atoms with Crippen LogP contribution in [0.5, 0.6) is 0 Å². The van der Waals surface area contributed by atoms with Gasteiger partial charge in [-0.3, -0.25) is 4.90 Å². The zero-order chi connectivity index (χ0) is 17.6. The third kappa shape index (κ3) is 4.20. The Hall–Kier alpha value is -2.34. The summed E-state index contributed by atoms with van der Waals surface area (Å²) in [6.45, 7) is 11.0. The molecule has 0 saturated carbocycles. The highest BCUT2D eigenvalue weighted by Crippen LogP contribution is 2.29. The highest BCUT2D eigenvalue weighted by molar-refractivity contribution is 6.36. The number of hydrogen-bond acceptors (Lipinski definition) is 6. The number of carbonyl (C=O) groups is 1. The van der Waals surface area contributed by atoms with Crippen LogP contribution in [0.2, 0.25) is 0 Å². The van der Waals surface area contributed by atoms with Crippen LogP contribution in [0.15, 0.2) is 42.1 Å². The molecule has 0 bridgehead atoms. The summed E-state index contributed by atoms with van der Waals surface area (Å²) in [4.78, 5) is 21.9. The van der Waals surface area contributed by atoms with Gasteiger partial charge in [0.2, 0.25) is 0 Å². The number of anilines is 1. The van der Waals surface area contributed by atoms with E-state index in [1.807, 2.05) is 6.08 Å². The van der Waals surface area contributed by atoms with Crippen molar-refractivity contribution in [2.75, 3.05) is 44.2 Å². The lowest BCUT2D eigenvalue weighted by molar-refractivity contribution is -0.135. The minimum atomic E-state index is -0.390. The van der Waals surface area contributed by atoms with Crippen LogP contribution in [0.25, 0.3) is 0 Å². The van der Waals surface area contributed by atoms with Gasteiger partial charge in [0.25, 0.3) is 0 Å². The van der Waals surface area contributed by atoms with Crippen molar-refractivity contribution < 1.29 is 14.4 Å². The molecule has 25 heavy (non-hydrogen) atoms. The number of rotatable bonds is 6. The minimum Gasteiger partial charge on any atom is -0.461 e. The minimum absolute atomic E-state index is 0.210. The molecule has 0 spiro atoms. The van der Waals surface area contributed by atoms with Crippen LogP contribution in [-0.2, 0) is 14.4 Å². The Balaban J connectivity index is 1.55. The molecule has 0 N–H and O–H groups in total. The highest BCUT2D eigenvalue weighted by atomic mass is 16.6. The van der Waals surface area contributed by atoms with E-state index in [0.717, 1.165) is 38.3 Å². The first kappa shape index (κ1) is 17.5. The van der Waals surface area contributed by atoms with Crippen LogP contribution in [0.3, 0.4) is 0 Å². The topological polar surface area (TPSA) is 54.4 Å². The predicted octanol–water partition coefficient (Wildman–Crippen LogP) is 2.38. The molecule has 134 valence electrons. The van der Waals surface area contributed by atoms with Gasteiger partial charge in [-0.05, 0) is 24.6 Å². The monoisotopic (exact) mass is 343 g/mol. The first-order chi connectivity index (χ1) is 12.2. The summed E-state index contributed by atoms with van der Waals surface area (Å²) in [7, 11) is 0. The summed E-state index contributed by atoms with van der Waals surface area (Å²) in [6.07, 6.45) is 2.20. The molecular weight excluding hydrogens is 318 g/mol. The Labute approximate surface area is 148 Å². The number of esters is 1. The Kier molecular flexibility index (Phi) is 5.71. The van der Waals surface area contributed by atoms with Crippen molar-refractivity contribution >= 4 is 17.4 Å². The summed E-state index contributed by atoms with van der Waals surface area (Å²) < 4.78 is 4.97. The predicted molar refractivity (Wildman–Crippen MR) is 97.8 cm³/mol. The molecule has 2 aliphatic rings. The number of nitrogens with zero attached hydrogens (tertiary/aromatic N) is 3. The van der Waals surface area contributed by atoms with E-state index in [2.05, 4.69) is 45.8 Å². The fraction of sp³-hybridized carbons (Fsp3) is 0.474. The highest BCUT2D eigenvalue weighted by Gasteiger charge is 2.28. The molecule has 6 heteroatoms. The van der Waals surface area contributed by atoms with Crippen molar-refractivity contribution in [3.8, 4) is 0 Å². The van der Waals surface area contributed by atoms with Gasteiger partial charge in [0.05, 0.1) is 6.61 Å². The lowest BCUT2D eigenvalue weighted by atomic mass is 10.0. The molecule has 6 nitrogen and oxygen atoms in total. The molecule has 2 heterocycles. The normalized spacial score (nSPS) is 20.8. The van der Waals surface area contributed by atoms with E-state index in [1.165, 1.54) is 5.69 Å². The Morgan fingerprint density at radius 1 is 1.32 bits per heavy atom. The van der Waals surface area contributed by atoms with Crippen molar-refractivity contribution in [3.05, 3.63) is 42.5 Å². The average molecular weight is 343 g/mol. The lowest BCUT2D eigenvalue weighted by Crippen LogP contribution is -2.46. The molecule has 1 unspecified atom stereocenters. The number of oxime groups is 1. The second-order valence-electron chi connectivity index (χ2n) is 6.22. The molecule has 1 aromatic carbocycles. The molecule has 0 aliphatic carbocycles. The molecular formula is C19H25N3O3. The number of piperazine rings is 1. The standard InChI is InChI=1S/C19H25N3O3/c1-3-9-21-10-12-22(13-11-21)16-7-5-15(6-8-16)18-14-17(20-25-18)19(23)24-4-2/h3,5-8,18H,1,4,9-14H2,2H3. The Morgan fingerprint density at radius 2 is 2.04 bits per heavy atom. The molecule has 1 fully saturated rings. The largest absolute Gasteiger partial charge is 0.461 e. The third-order valence-electron chi connectivity index (χ3n) is 4.57. The van der Waals surface area contributed by atoms with E-state index in [4.69, 9.17) is 9.57 Å². The number of ether oxygens (including phenoxy) is 1. The summed E-state index contributed by atoms with van der Waals surface area (Å²) in [5, 5.41) is 3.87.